The molecule has 27 heavy (non-hydrogen) atoms. The molecule has 0 radical (unpaired) electrons. The van der Waals surface area contributed by atoms with Crippen LogP contribution in [0.15, 0.2) is 42.5 Å². The van der Waals surface area contributed by atoms with Gasteiger partial charge in [0.25, 0.3) is 0 Å². The van der Waals surface area contributed by atoms with E-state index in [9.17, 15) is 9.59 Å². The van der Waals surface area contributed by atoms with Gasteiger partial charge in [-0.2, -0.15) is 0 Å². The molecule has 7 heteroatoms. The molecule has 0 unspecified atom stereocenters. The minimum atomic E-state index is -1.10. The third-order valence-corrected chi connectivity index (χ3v) is 3.60. The number of carbonyl (C=O) groups excluding carboxylic acids is 1. The molecule has 0 aromatic heterocycles. The van der Waals surface area contributed by atoms with Gasteiger partial charge in [-0.25, -0.2) is 4.79 Å². The number of ether oxygens (including phenoxy) is 4. The van der Waals surface area contributed by atoms with Gasteiger partial charge in [-0.3, -0.25) is 4.79 Å². The summed E-state index contributed by atoms with van der Waals surface area (Å²) in [5.41, 5.74) is 1.12. The van der Waals surface area contributed by atoms with Crippen LogP contribution < -0.4 is 18.9 Å². The Bertz CT molecular complexity index is 833. The zero-order valence-electron chi connectivity index (χ0n) is 15.2. The minimum Gasteiger partial charge on any atom is -0.497 e. The van der Waals surface area contributed by atoms with Crippen molar-refractivity contribution in [2.24, 2.45) is 0 Å². The Kier molecular flexibility index (Phi) is 6.82. The van der Waals surface area contributed by atoms with Crippen LogP contribution in [0.3, 0.4) is 0 Å². The number of hydrogen-bond donors (Lipinski definition) is 1. The monoisotopic (exact) mass is 372 g/mol. The average molecular weight is 372 g/mol. The van der Waals surface area contributed by atoms with Crippen LogP contribution in [0, 0.1) is 0 Å². The van der Waals surface area contributed by atoms with Crippen LogP contribution in [0.2, 0.25) is 0 Å². The van der Waals surface area contributed by atoms with Crippen LogP contribution in [0.4, 0.5) is 0 Å². The van der Waals surface area contributed by atoms with E-state index in [0.717, 1.165) is 5.56 Å². The van der Waals surface area contributed by atoms with Crippen molar-refractivity contribution in [3.05, 3.63) is 53.6 Å². The van der Waals surface area contributed by atoms with E-state index in [1.807, 2.05) is 0 Å². The molecule has 1 N–H and O–H groups in total. The molecule has 0 aliphatic carbocycles. The number of hydrogen-bond acceptors (Lipinski definition) is 6. The lowest BCUT2D eigenvalue weighted by Gasteiger charge is -2.10. The van der Waals surface area contributed by atoms with Crippen molar-refractivity contribution in [1.82, 2.24) is 0 Å². The SMILES string of the molecule is COc1cc(/C=C/C(=O)c2ccc(OCC(=O)O)c(OC)c2)cc(OC)c1. The Hall–Kier alpha value is -3.48. The average Bonchev–Trinajstić information content (AvgIpc) is 2.69. The summed E-state index contributed by atoms with van der Waals surface area (Å²) in [6, 6.07) is 9.82. The predicted molar refractivity (Wildman–Crippen MR) is 99.0 cm³/mol. The first kappa shape index (κ1) is 19.8. The van der Waals surface area contributed by atoms with E-state index in [2.05, 4.69) is 0 Å². The van der Waals surface area contributed by atoms with Crippen LogP contribution in [-0.2, 0) is 4.79 Å². The van der Waals surface area contributed by atoms with Crippen LogP contribution in [0.5, 0.6) is 23.0 Å². The molecule has 0 aliphatic heterocycles. The quantitative estimate of drug-likeness (QED) is 0.534. The largest absolute Gasteiger partial charge is 0.497 e. The summed E-state index contributed by atoms with van der Waals surface area (Å²) in [6.07, 6.45) is 3.06. The van der Waals surface area contributed by atoms with Crippen LogP contribution in [-0.4, -0.2) is 44.8 Å². The van der Waals surface area contributed by atoms with Gasteiger partial charge in [0.2, 0.25) is 0 Å². The molecule has 0 saturated heterocycles. The topological polar surface area (TPSA) is 91.3 Å². The lowest BCUT2D eigenvalue weighted by atomic mass is 10.1. The number of rotatable bonds is 9. The first-order valence-electron chi connectivity index (χ1n) is 7.95. The van der Waals surface area contributed by atoms with Gasteiger partial charge in [0.05, 0.1) is 21.3 Å². The molecule has 0 fully saturated rings. The van der Waals surface area contributed by atoms with Gasteiger partial charge in [-0.1, -0.05) is 6.08 Å². The molecule has 2 rings (SSSR count). The molecule has 0 spiro atoms. The number of aliphatic carboxylic acids is 1. The number of carboxylic acid groups (broad SMARTS) is 1. The van der Waals surface area contributed by atoms with Gasteiger partial charge in [0.1, 0.15) is 11.5 Å². The third kappa shape index (κ3) is 5.50. The fourth-order valence-corrected chi connectivity index (χ4v) is 2.27. The molecule has 7 nitrogen and oxygen atoms in total. The number of methoxy groups -OCH3 is 3. The summed E-state index contributed by atoms with van der Waals surface area (Å²) in [5.74, 6) is 0.399. The highest BCUT2D eigenvalue weighted by molar-refractivity contribution is 6.07. The molecule has 0 heterocycles. The molecule has 0 amide bonds. The van der Waals surface area contributed by atoms with E-state index in [1.54, 1.807) is 44.6 Å². The first-order valence-corrected chi connectivity index (χ1v) is 7.95. The van der Waals surface area contributed by atoms with Gasteiger partial charge in [0.15, 0.2) is 23.9 Å². The highest BCUT2D eigenvalue weighted by Gasteiger charge is 2.11. The Morgan fingerprint density at radius 2 is 1.59 bits per heavy atom. The van der Waals surface area contributed by atoms with Crippen molar-refractivity contribution >= 4 is 17.8 Å². The molecule has 142 valence electrons. The van der Waals surface area contributed by atoms with Crippen molar-refractivity contribution in [1.29, 1.82) is 0 Å². The first-order chi connectivity index (χ1) is 13.0. The standard InChI is InChI=1S/C20H20O7/c1-24-15-8-13(9-16(11-15)25-2)4-6-17(21)14-5-7-18(19(10-14)26-3)27-12-20(22)23/h4-11H,12H2,1-3H3,(H,22,23)/b6-4+. The van der Waals surface area contributed by atoms with E-state index in [1.165, 1.54) is 25.3 Å². The predicted octanol–water partition coefficient (Wildman–Crippen LogP) is 3.07. The fourth-order valence-electron chi connectivity index (χ4n) is 2.27. The third-order valence-electron chi connectivity index (χ3n) is 3.60. The van der Waals surface area contributed by atoms with Crippen LogP contribution in [0.1, 0.15) is 15.9 Å². The summed E-state index contributed by atoms with van der Waals surface area (Å²) < 4.78 is 20.7. The lowest BCUT2D eigenvalue weighted by Crippen LogP contribution is -2.10. The fraction of sp³-hybridized carbons (Fsp3) is 0.200. The van der Waals surface area contributed by atoms with Crippen LogP contribution >= 0.6 is 0 Å². The second kappa shape index (κ2) is 9.28. The molecule has 0 atom stereocenters. The maximum atomic E-state index is 12.4. The second-order valence-electron chi connectivity index (χ2n) is 5.39. The van der Waals surface area contributed by atoms with E-state index in [-0.39, 0.29) is 17.3 Å². The summed E-state index contributed by atoms with van der Waals surface area (Å²) in [5, 5.41) is 8.69. The number of carboxylic acids is 1. The van der Waals surface area contributed by atoms with E-state index >= 15 is 0 Å². The molecular weight excluding hydrogens is 352 g/mol. The maximum absolute atomic E-state index is 12.4. The van der Waals surface area contributed by atoms with Crippen molar-refractivity contribution < 1.29 is 33.6 Å². The Labute approximate surface area is 156 Å². The van der Waals surface area contributed by atoms with Crippen molar-refractivity contribution in [3.8, 4) is 23.0 Å². The zero-order chi connectivity index (χ0) is 19.8. The van der Waals surface area contributed by atoms with E-state index in [0.29, 0.717) is 17.1 Å². The zero-order valence-corrected chi connectivity index (χ0v) is 15.2. The number of allylic oxidation sites excluding steroid dienone is 1. The highest BCUT2D eigenvalue weighted by atomic mass is 16.5. The summed E-state index contributed by atoms with van der Waals surface area (Å²) in [4.78, 5) is 23.0. The van der Waals surface area contributed by atoms with Gasteiger partial charge in [0, 0.05) is 11.6 Å². The molecule has 2 aromatic rings. The maximum Gasteiger partial charge on any atom is 0.341 e. The normalized spacial score (nSPS) is 10.5. The summed E-state index contributed by atoms with van der Waals surface area (Å²) in [6.45, 7) is -0.499. The van der Waals surface area contributed by atoms with Gasteiger partial charge >= 0.3 is 5.97 Å². The summed E-state index contributed by atoms with van der Waals surface area (Å²) >= 11 is 0. The van der Waals surface area contributed by atoms with Crippen LogP contribution in [0.25, 0.3) is 6.08 Å². The number of benzene rings is 2. The van der Waals surface area contributed by atoms with Crippen molar-refractivity contribution in [3.63, 3.8) is 0 Å². The Morgan fingerprint density at radius 1 is 0.926 bits per heavy atom. The van der Waals surface area contributed by atoms with Gasteiger partial charge < -0.3 is 24.1 Å². The van der Waals surface area contributed by atoms with E-state index < -0.39 is 12.6 Å². The molecule has 0 bridgehead atoms. The molecular formula is C20H20O7. The molecule has 2 aromatic carbocycles. The van der Waals surface area contributed by atoms with Gasteiger partial charge in [-0.05, 0) is 42.0 Å². The van der Waals surface area contributed by atoms with Crippen molar-refractivity contribution in [2.75, 3.05) is 27.9 Å². The second-order valence-corrected chi connectivity index (χ2v) is 5.39. The smallest absolute Gasteiger partial charge is 0.341 e. The molecule has 0 saturated carbocycles. The highest BCUT2D eigenvalue weighted by Crippen LogP contribution is 2.28. The number of ketones is 1. The summed E-state index contributed by atoms with van der Waals surface area (Å²) in [7, 11) is 4.51. The Balaban J connectivity index is 2.20. The van der Waals surface area contributed by atoms with Gasteiger partial charge in [-0.15, -0.1) is 0 Å². The Morgan fingerprint density at radius 3 is 2.15 bits per heavy atom. The number of carbonyl (C=O) groups is 2. The van der Waals surface area contributed by atoms with E-state index in [4.69, 9.17) is 24.1 Å². The lowest BCUT2D eigenvalue weighted by molar-refractivity contribution is -0.139. The minimum absolute atomic E-state index is 0.248. The van der Waals surface area contributed by atoms with Crippen molar-refractivity contribution in [2.45, 2.75) is 0 Å². The molecule has 0 aliphatic rings.